The standard InChI is InChI=1S/C15H12F3N3O4/c16-15(17,18)14-11(9-19-20-14)6-7-25-13(22)5-4-10-2-1-3-12(8-10)21(23)24/h1-5,8-9H,6-7H2,(H,19,20). The molecule has 7 nitrogen and oxygen atoms in total. The summed E-state index contributed by atoms with van der Waals surface area (Å²) >= 11 is 0. The zero-order chi connectivity index (χ0) is 18.4. The third-order valence-electron chi connectivity index (χ3n) is 3.11. The van der Waals surface area contributed by atoms with Crippen molar-refractivity contribution in [2.24, 2.45) is 0 Å². The molecule has 0 saturated carbocycles. The van der Waals surface area contributed by atoms with Crippen LogP contribution >= 0.6 is 0 Å². The summed E-state index contributed by atoms with van der Waals surface area (Å²) in [6.07, 6.45) is -1.33. The van der Waals surface area contributed by atoms with Gasteiger partial charge in [-0.1, -0.05) is 12.1 Å². The molecule has 1 aromatic heterocycles. The van der Waals surface area contributed by atoms with E-state index in [0.717, 1.165) is 12.3 Å². The van der Waals surface area contributed by atoms with E-state index < -0.39 is 22.8 Å². The van der Waals surface area contributed by atoms with Crippen molar-refractivity contribution in [3.05, 3.63) is 63.5 Å². The van der Waals surface area contributed by atoms with Gasteiger partial charge in [-0.3, -0.25) is 15.2 Å². The van der Waals surface area contributed by atoms with E-state index in [-0.39, 0.29) is 24.3 Å². The fourth-order valence-electron chi connectivity index (χ4n) is 1.96. The molecule has 1 heterocycles. The van der Waals surface area contributed by atoms with Gasteiger partial charge < -0.3 is 4.74 Å². The van der Waals surface area contributed by atoms with Crippen molar-refractivity contribution in [1.82, 2.24) is 10.2 Å². The Morgan fingerprint density at radius 1 is 1.40 bits per heavy atom. The molecule has 0 aliphatic carbocycles. The number of H-pyrrole nitrogens is 1. The minimum Gasteiger partial charge on any atom is -0.462 e. The van der Waals surface area contributed by atoms with Crippen LogP contribution in [0.3, 0.4) is 0 Å². The van der Waals surface area contributed by atoms with Crippen molar-refractivity contribution >= 4 is 17.7 Å². The summed E-state index contributed by atoms with van der Waals surface area (Å²) in [7, 11) is 0. The first-order valence-electron chi connectivity index (χ1n) is 6.96. The lowest BCUT2D eigenvalue weighted by Gasteiger charge is -2.06. The summed E-state index contributed by atoms with van der Waals surface area (Å²) in [6.45, 7) is -0.263. The van der Waals surface area contributed by atoms with Gasteiger partial charge >= 0.3 is 12.1 Å². The highest BCUT2D eigenvalue weighted by Gasteiger charge is 2.35. The number of nitrogens with zero attached hydrogens (tertiary/aromatic N) is 2. The Balaban J connectivity index is 1.88. The first-order valence-corrected chi connectivity index (χ1v) is 6.96. The number of nitro groups is 1. The van der Waals surface area contributed by atoms with Crippen molar-refractivity contribution in [2.45, 2.75) is 12.6 Å². The van der Waals surface area contributed by atoms with Gasteiger partial charge in [0.15, 0.2) is 0 Å². The Labute approximate surface area is 139 Å². The second kappa shape index (κ2) is 7.60. The van der Waals surface area contributed by atoms with Gasteiger partial charge in [-0.2, -0.15) is 18.3 Å². The quantitative estimate of drug-likeness (QED) is 0.371. The number of hydrogen-bond donors (Lipinski definition) is 1. The second-order valence-corrected chi connectivity index (χ2v) is 4.87. The van der Waals surface area contributed by atoms with E-state index in [1.165, 1.54) is 24.3 Å². The Bertz CT molecular complexity index is 799. The summed E-state index contributed by atoms with van der Waals surface area (Å²) < 4.78 is 42.7. The predicted octanol–water partition coefficient (Wildman–Crippen LogP) is 3.14. The minimum absolute atomic E-state index is 0.108. The molecule has 0 fully saturated rings. The first-order chi connectivity index (χ1) is 11.8. The van der Waals surface area contributed by atoms with Crippen LogP contribution in [0.25, 0.3) is 6.08 Å². The van der Waals surface area contributed by atoms with Gasteiger partial charge in [0.2, 0.25) is 0 Å². The summed E-state index contributed by atoms with van der Waals surface area (Å²) in [4.78, 5) is 21.6. The first kappa shape index (κ1) is 18.2. The molecule has 2 aromatic rings. The summed E-state index contributed by atoms with van der Waals surface area (Å²) in [6, 6.07) is 5.59. The molecular weight excluding hydrogens is 343 g/mol. The SMILES string of the molecule is O=C(C=Cc1cccc([N+](=O)[O-])c1)OCCc1cn[nH]c1C(F)(F)F. The number of benzene rings is 1. The number of aromatic amines is 1. The molecule has 10 heteroatoms. The summed E-state index contributed by atoms with van der Waals surface area (Å²) in [5.41, 5.74) is -0.797. The van der Waals surface area contributed by atoms with Gasteiger partial charge in [0, 0.05) is 30.2 Å². The van der Waals surface area contributed by atoms with E-state index in [2.05, 4.69) is 5.10 Å². The number of non-ortho nitro benzene ring substituents is 1. The topological polar surface area (TPSA) is 98.1 Å². The molecule has 0 saturated heterocycles. The molecule has 0 aliphatic rings. The van der Waals surface area contributed by atoms with Gasteiger partial charge in [0.05, 0.1) is 17.7 Å². The van der Waals surface area contributed by atoms with Crippen molar-refractivity contribution in [1.29, 1.82) is 0 Å². The van der Waals surface area contributed by atoms with Crippen LogP contribution in [0.5, 0.6) is 0 Å². The van der Waals surface area contributed by atoms with E-state index in [9.17, 15) is 28.1 Å². The summed E-state index contributed by atoms with van der Waals surface area (Å²) in [5, 5.41) is 15.8. The molecule has 25 heavy (non-hydrogen) atoms. The van der Waals surface area contributed by atoms with Crippen LogP contribution in [-0.4, -0.2) is 27.7 Å². The number of ether oxygens (including phenoxy) is 1. The van der Waals surface area contributed by atoms with Crippen LogP contribution in [0.2, 0.25) is 0 Å². The zero-order valence-corrected chi connectivity index (χ0v) is 12.6. The molecule has 1 N–H and O–H groups in total. The number of aromatic nitrogens is 2. The number of halogens is 3. The van der Waals surface area contributed by atoms with E-state index in [1.54, 1.807) is 6.07 Å². The Hall–Kier alpha value is -3.17. The number of carbonyl (C=O) groups is 1. The van der Waals surface area contributed by atoms with Crippen molar-refractivity contribution in [2.75, 3.05) is 6.61 Å². The predicted molar refractivity (Wildman–Crippen MR) is 80.4 cm³/mol. The molecule has 132 valence electrons. The van der Waals surface area contributed by atoms with Crippen LogP contribution in [0.15, 0.2) is 36.5 Å². The van der Waals surface area contributed by atoms with Crippen molar-refractivity contribution in [3.8, 4) is 0 Å². The maximum absolute atomic E-state index is 12.6. The van der Waals surface area contributed by atoms with Gasteiger partial charge in [-0.05, 0) is 11.6 Å². The van der Waals surface area contributed by atoms with Gasteiger partial charge in [-0.15, -0.1) is 0 Å². The van der Waals surface area contributed by atoms with Crippen LogP contribution in [-0.2, 0) is 22.1 Å². The maximum atomic E-state index is 12.6. The molecule has 0 amide bonds. The van der Waals surface area contributed by atoms with E-state index in [4.69, 9.17) is 4.74 Å². The highest BCUT2D eigenvalue weighted by molar-refractivity contribution is 5.87. The Morgan fingerprint density at radius 3 is 2.84 bits per heavy atom. The van der Waals surface area contributed by atoms with Crippen LogP contribution in [0.1, 0.15) is 16.8 Å². The fourth-order valence-corrected chi connectivity index (χ4v) is 1.96. The molecule has 0 radical (unpaired) electrons. The lowest BCUT2D eigenvalue weighted by atomic mass is 10.2. The number of nitrogens with one attached hydrogen (secondary N) is 1. The number of carbonyl (C=O) groups excluding carboxylic acids is 1. The van der Waals surface area contributed by atoms with E-state index in [1.807, 2.05) is 5.10 Å². The third-order valence-corrected chi connectivity index (χ3v) is 3.11. The molecule has 0 unspecified atom stereocenters. The molecule has 0 bridgehead atoms. The average molecular weight is 355 g/mol. The number of nitro benzene ring substituents is 1. The largest absolute Gasteiger partial charge is 0.462 e. The number of hydrogen-bond acceptors (Lipinski definition) is 5. The zero-order valence-electron chi connectivity index (χ0n) is 12.6. The van der Waals surface area contributed by atoms with Gasteiger partial charge in [0.1, 0.15) is 5.69 Å². The number of esters is 1. The number of alkyl halides is 3. The normalized spacial score (nSPS) is 11.6. The van der Waals surface area contributed by atoms with Crippen LogP contribution < -0.4 is 0 Å². The van der Waals surface area contributed by atoms with Gasteiger partial charge in [-0.25, -0.2) is 4.79 Å². The van der Waals surface area contributed by atoms with Crippen LogP contribution in [0.4, 0.5) is 18.9 Å². The van der Waals surface area contributed by atoms with Crippen molar-refractivity contribution in [3.63, 3.8) is 0 Å². The van der Waals surface area contributed by atoms with Gasteiger partial charge in [0.25, 0.3) is 5.69 Å². The molecule has 2 rings (SSSR count). The highest BCUT2D eigenvalue weighted by atomic mass is 19.4. The molecule has 1 aromatic carbocycles. The Morgan fingerprint density at radius 2 is 2.16 bits per heavy atom. The molecule has 0 spiro atoms. The second-order valence-electron chi connectivity index (χ2n) is 4.87. The fraction of sp³-hybridized carbons (Fsp3) is 0.200. The molecular formula is C15H12F3N3O4. The average Bonchev–Trinajstić information content (AvgIpc) is 3.02. The molecule has 0 aliphatic heterocycles. The maximum Gasteiger partial charge on any atom is 0.433 e. The van der Waals surface area contributed by atoms with Crippen molar-refractivity contribution < 1.29 is 27.6 Å². The monoisotopic (exact) mass is 355 g/mol. The van der Waals surface area contributed by atoms with E-state index >= 15 is 0 Å². The Kier molecular flexibility index (Phi) is 5.52. The van der Waals surface area contributed by atoms with Crippen LogP contribution in [0, 0.1) is 10.1 Å². The lowest BCUT2D eigenvalue weighted by molar-refractivity contribution is -0.384. The number of rotatable bonds is 6. The molecule has 0 atom stereocenters. The summed E-state index contributed by atoms with van der Waals surface area (Å²) in [5.74, 6) is -0.774. The highest BCUT2D eigenvalue weighted by Crippen LogP contribution is 2.30. The third kappa shape index (κ3) is 5.16. The van der Waals surface area contributed by atoms with E-state index in [0.29, 0.717) is 5.56 Å². The lowest BCUT2D eigenvalue weighted by Crippen LogP contribution is -2.11. The smallest absolute Gasteiger partial charge is 0.433 e. The minimum atomic E-state index is -4.56.